The van der Waals surface area contributed by atoms with Crippen LogP contribution in [0.5, 0.6) is 0 Å². The van der Waals surface area contributed by atoms with Gasteiger partial charge in [-0.1, -0.05) is 67.3 Å². The van der Waals surface area contributed by atoms with Gasteiger partial charge in [0.1, 0.15) is 6.04 Å². The van der Waals surface area contributed by atoms with Gasteiger partial charge in [0.2, 0.25) is 17.7 Å². The summed E-state index contributed by atoms with van der Waals surface area (Å²) in [5.74, 6) is -5.03. The molecular weight excluding hydrogens is 800 g/mol. The van der Waals surface area contributed by atoms with Crippen LogP contribution in [0.3, 0.4) is 0 Å². The zero-order chi connectivity index (χ0) is 42.6. The van der Waals surface area contributed by atoms with E-state index in [1.165, 1.54) is 24.8 Å². The number of hydrogen-bond donors (Lipinski definition) is 4. The van der Waals surface area contributed by atoms with Gasteiger partial charge in [-0.05, 0) is 60.4 Å². The molecule has 2 aromatic carbocycles. The highest BCUT2D eigenvalue weighted by atomic mass is 35.5. The van der Waals surface area contributed by atoms with Gasteiger partial charge in [-0.3, -0.25) is 19.3 Å². The van der Waals surface area contributed by atoms with E-state index in [9.17, 15) is 40.7 Å². The van der Waals surface area contributed by atoms with E-state index in [1.807, 2.05) is 41.3 Å². The van der Waals surface area contributed by atoms with Gasteiger partial charge in [0.25, 0.3) is 0 Å². The predicted octanol–water partition coefficient (Wildman–Crippen LogP) is 5.58. The van der Waals surface area contributed by atoms with E-state index in [2.05, 4.69) is 32.6 Å². The molecule has 3 heterocycles. The maximum Gasteiger partial charge on any atom is 0.490 e. The number of carbonyl (C=O) groups is 5. The minimum Gasteiger partial charge on any atom is -0.475 e. The Hall–Kier alpha value is -4.42. The smallest absolute Gasteiger partial charge is 0.475 e. The van der Waals surface area contributed by atoms with Crippen LogP contribution in [0.2, 0.25) is 5.02 Å². The molecule has 0 aromatic heterocycles. The molecule has 3 fully saturated rings. The molecule has 1 saturated carbocycles. The predicted molar refractivity (Wildman–Crippen MR) is 199 cm³/mol. The van der Waals surface area contributed by atoms with Crippen LogP contribution in [0.4, 0.5) is 26.3 Å². The lowest BCUT2D eigenvalue weighted by Crippen LogP contribution is -2.60. The summed E-state index contributed by atoms with van der Waals surface area (Å²) in [5.41, 5.74) is 3.31. The molecule has 3 atom stereocenters. The average molecular weight is 848 g/mol. The fourth-order valence-electron chi connectivity index (χ4n) is 7.73. The Morgan fingerprint density at radius 1 is 0.741 bits per heavy atom. The number of carboxylic acid groups (broad SMARTS) is 2. The van der Waals surface area contributed by atoms with Crippen LogP contribution in [0.15, 0.2) is 48.5 Å². The summed E-state index contributed by atoms with van der Waals surface area (Å²) in [4.78, 5) is 65.3. The first-order valence-electron chi connectivity index (χ1n) is 19.1. The van der Waals surface area contributed by atoms with Crippen molar-refractivity contribution in [2.75, 3.05) is 39.3 Å². The number of benzene rings is 2. The highest BCUT2D eigenvalue weighted by Crippen LogP contribution is 2.32. The average Bonchev–Trinajstić information content (AvgIpc) is 3.87. The highest BCUT2D eigenvalue weighted by molar-refractivity contribution is 6.30. The second-order valence-electron chi connectivity index (χ2n) is 14.6. The van der Waals surface area contributed by atoms with Crippen LogP contribution in [-0.4, -0.2) is 118 Å². The van der Waals surface area contributed by atoms with Crippen LogP contribution in [0.25, 0.3) is 0 Å². The fraction of sp³-hybridized carbons (Fsp3) is 0.564. The molecule has 0 radical (unpaired) electrons. The highest BCUT2D eigenvalue weighted by Gasteiger charge is 2.41. The van der Waals surface area contributed by atoms with Gasteiger partial charge in [-0.25, -0.2) is 9.59 Å². The number of alkyl halides is 6. The van der Waals surface area contributed by atoms with Gasteiger partial charge in [-0.15, -0.1) is 0 Å². The quantitative estimate of drug-likeness (QED) is 0.236. The molecule has 4 aliphatic rings. The van der Waals surface area contributed by atoms with Crippen molar-refractivity contribution < 1.29 is 60.5 Å². The maximum atomic E-state index is 14.0. The third-order valence-corrected chi connectivity index (χ3v) is 10.9. The lowest BCUT2D eigenvalue weighted by molar-refractivity contribution is -0.193. The summed E-state index contributed by atoms with van der Waals surface area (Å²) in [6, 6.07) is 14.8. The number of nitrogens with zero attached hydrogens (tertiary/aromatic N) is 3. The Balaban J connectivity index is 0.000000456. The second kappa shape index (κ2) is 21.0. The number of piperazine rings is 1. The summed E-state index contributed by atoms with van der Waals surface area (Å²) in [6.07, 6.45) is -1.44. The Kier molecular flexibility index (Phi) is 16.8. The van der Waals surface area contributed by atoms with Crippen molar-refractivity contribution in [2.24, 2.45) is 5.92 Å². The molecule has 1 aliphatic carbocycles. The molecule has 2 saturated heterocycles. The first-order chi connectivity index (χ1) is 27.3. The zero-order valence-electron chi connectivity index (χ0n) is 31.7. The third kappa shape index (κ3) is 13.6. The topological polar surface area (TPSA) is 160 Å². The molecule has 58 heavy (non-hydrogen) atoms. The number of aliphatic carboxylic acids is 2. The minimum atomic E-state index is -5.08. The summed E-state index contributed by atoms with van der Waals surface area (Å²) in [5, 5.41) is 21.4. The number of hydrogen-bond acceptors (Lipinski definition) is 7. The molecule has 0 bridgehead atoms. The van der Waals surface area contributed by atoms with Crippen molar-refractivity contribution in [3.63, 3.8) is 0 Å². The molecule has 12 nitrogen and oxygen atoms in total. The van der Waals surface area contributed by atoms with Crippen LogP contribution in [0.1, 0.15) is 74.1 Å². The second-order valence-corrected chi connectivity index (χ2v) is 15.1. The van der Waals surface area contributed by atoms with Crippen molar-refractivity contribution >= 4 is 41.3 Å². The van der Waals surface area contributed by atoms with E-state index in [0.29, 0.717) is 49.4 Å². The van der Waals surface area contributed by atoms with Crippen molar-refractivity contribution in [2.45, 2.75) is 94.8 Å². The van der Waals surface area contributed by atoms with Crippen LogP contribution >= 0.6 is 11.6 Å². The SMILES string of the molecule is O=C(CC1NCc2ccccc21)NC(Cc1ccc(Cl)cc1)C(=O)N1CCN(C(C(=O)N2CCCC2)C2CCCCC2)CC1.O=C(O)C(F)(F)F.O=C(O)C(F)(F)F. The van der Waals surface area contributed by atoms with Gasteiger partial charge >= 0.3 is 24.3 Å². The number of amides is 3. The van der Waals surface area contributed by atoms with Gasteiger partial charge in [0.15, 0.2) is 0 Å². The van der Waals surface area contributed by atoms with E-state index >= 15 is 0 Å². The van der Waals surface area contributed by atoms with Crippen molar-refractivity contribution in [1.82, 2.24) is 25.3 Å². The molecule has 3 amide bonds. The first kappa shape index (κ1) is 46.3. The van der Waals surface area contributed by atoms with E-state index in [4.69, 9.17) is 31.4 Å². The molecule has 320 valence electrons. The zero-order valence-corrected chi connectivity index (χ0v) is 32.4. The summed E-state index contributed by atoms with van der Waals surface area (Å²) in [6.45, 7) is 4.95. The minimum absolute atomic E-state index is 0.0622. The number of rotatable bonds is 9. The van der Waals surface area contributed by atoms with E-state index in [-0.39, 0.29) is 30.3 Å². The molecule has 3 aliphatic heterocycles. The lowest BCUT2D eigenvalue weighted by Gasteiger charge is -2.44. The number of nitrogens with one attached hydrogen (secondary N) is 2. The van der Waals surface area contributed by atoms with Crippen LogP contribution in [-0.2, 0) is 36.9 Å². The van der Waals surface area contributed by atoms with E-state index in [0.717, 1.165) is 56.4 Å². The van der Waals surface area contributed by atoms with Gasteiger partial charge in [0.05, 0.1) is 6.04 Å². The molecule has 2 aromatic rings. The largest absolute Gasteiger partial charge is 0.490 e. The van der Waals surface area contributed by atoms with Crippen LogP contribution < -0.4 is 10.6 Å². The molecule has 3 unspecified atom stereocenters. The fourth-order valence-corrected chi connectivity index (χ4v) is 7.85. The lowest BCUT2D eigenvalue weighted by atomic mass is 9.82. The number of carboxylic acids is 2. The Morgan fingerprint density at radius 2 is 1.28 bits per heavy atom. The molecular formula is C39H48ClF6N5O7. The standard InChI is InChI=1S/C35H46ClN5O3.2C2HF3O2/c36-28-14-12-25(13-15-28)22-31(38-32(42)23-30-29-11-5-4-10-27(29)24-37-30)34(43)41-20-18-39(19-21-41)33(26-8-2-1-3-9-26)35(44)40-16-6-7-17-40;2*3-2(4,5)1(6)7/h4-5,10-15,26,30-31,33,37H,1-3,6-9,16-24H2,(H,38,42);2*(H,6,7). The molecule has 0 spiro atoms. The van der Waals surface area contributed by atoms with Crippen molar-refractivity contribution in [3.05, 3.63) is 70.2 Å². The van der Waals surface area contributed by atoms with Gasteiger partial charge in [-0.2, -0.15) is 26.3 Å². The van der Waals surface area contributed by atoms with Crippen molar-refractivity contribution in [1.29, 1.82) is 0 Å². The van der Waals surface area contributed by atoms with E-state index in [1.54, 1.807) is 0 Å². The van der Waals surface area contributed by atoms with Crippen molar-refractivity contribution in [3.8, 4) is 0 Å². The van der Waals surface area contributed by atoms with Gasteiger partial charge in [0, 0.05) is 69.7 Å². The summed E-state index contributed by atoms with van der Waals surface area (Å²) in [7, 11) is 0. The number of carbonyl (C=O) groups excluding carboxylic acids is 3. The summed E-state index contributed by atoms with van der Waals surface area (Å²) >= 11 is 6.13. The first-order valence-corrected chi connectivity index (χ1v) is 19.5. The van der Waals surface area contributed by atoms with Gasteiger partial charge < -0.3 is 30.6 Å². The van der Waals surface area contributed by atoms with Crippen LogP contribution in [0, 0.1) is 5.92 Å². The number of likely N-dealkylation sites (tertiary alicyclic amines) is 1. The number of halogens is 7. The third-order valence-electron chi connectivity index (χ3n) is 10.6. The van der Waals surface area contributed by atoms with E-state index < -0.39 is 30.3 Å². The Morgan fingerprint density at radius 3 is 1.83 bits per heavy atom. The molecule has 4 N–H and O–H groups in total. The monoisotopic (exact) mass is 847 g/mol. The maximum absolute atomic E-state index is 14.0. The summed E-state index contributed by atoms with van der Waals surface area (Å²) < 4.78 is 63.5. The number of fused-ring (bicyclic) bond motifs is 1. The molecule has 6 rings (SSSR count). The normalized spacial score (nSPS) is 19.7. The molecule has 19 heteroatoms. The Labute approximate surface area is 336 Å². The Bertz CT molecular complexity index is 1690.